The molecule has 4 aliphatic rings. The molecule has 2 aliphatic heterocycles. The standard InChI is InChI=1S/C110H85BN2O2/c1(10-38-75-40-22-24-50-84(75)77-60-62-88-86-52-26-30-56-94(86)109(96(88)70-77,80-42-14-6-15-43-80)81-44-16-7-17-45-81)3-34-68-112-100-72-79(74-36-12-5-13-37-74)73-101-104(100)111(98-66-64-92-90-54-28-32-58-102(90)114-107(92)105(98)112)99-67-65-93-91-55-29-33-59-103(91)115-108(93)106(99)113(101)69-35-4-2-11-39-76-41-23-25-51-85(76)78-61-63-89-87-53-27-31-57-95(87)110(97(89)71-78,82-46-18-8-19-47-82)83-48-20-9-21-49-83/h5-9,12-33,36-37,40-67,70-73H,1-4,10-11,34-35,38-39,68-69H2. The minimum Gasteiger partial charge on any atom is -0.454 e. The van der Waals surface area contributed by atoms with E-state index in [9.17, 15) is 0 Å². The molecule has 0 bridgehead atoms. The molecule has 0 atom stereocenters. The van der Waals surface area contributed by atoms with Crippen molar-refractivity contribution in [1.29, 1.82) is 0 Å². The normalized spacial score (nSPS) is 13.7. The molecule has 16 aromatic carbocycles. The van der Waals surface area contributed by atoms with E-state index in [1.165, 1.54) is 150 Å². The maximum atomic E-state index is 7.25. The molecule has 0 saturated heterocycles. The molecule has 18 aromatic rings. The first-order valence-corrected chi connectivity index (χ1v) is 41.6. The van der Waals surface area contributed by atoms with Crippen LogP contribution in [0.1, 0.15) is 107 Å². The van der Waals surface area contributed by atoms with Crippen LogP contribution in [0.2, 0.25) is 0 Å². The third-order valence-electron chi connectivity index (χ3n) is 26.1. The Balaban J connectivity index is 0.579. The summed E-state index contributed by atoms with van der Waals surface area (Å²) in [5.74, 6) is 0. The molecule has 0 amide bonds. The first kappa shape index (κ1) is 68.6. The minimum absolute atomic E-state index is 0.0918. The van der Waals surface area contributed by atoms with Gasteiger partial charge in [0.05, 0.1) is 22.2 Å². The zero-order chi connectivity index (χ0) is 76.0. The highest BCUT2D eigenvalue weighted by atomic mass is 16.3. The molecule has 0 spiro atoms. The van der Waals surface area contributed by atoms with Gasteiger partial charge in [-0.25, -0.2) is 0 Å². The van der Waals surface area contributed by atoms with Crippen molar-refractivity contribution in [2.45, 2.75) is 75.0 Å². The van der Waals surface area contributed by atoms with Gasteiger partial charge in [-0.1, -0.05) is 359 Å². The first-order valence-electron chi connectivity index (χ1n) is 41.6. The second-order valence-electron chi connectivity index (χ2n) is 32.2. The lowest BCUT2D eigenvalue weighted by atomic mass is 9.33. The number of furan rings is 2. The van der Waals surface area contributed by atoms with E-state index < -0.39 is 10.8 Å². The van der Waals surface area contributed by atoms with E-state index in [4.69, 9.17) is 8.83 Å². The summed E-state index contributed by atoms with van der Waals surface area (Å²) in [6.07, 6.45) is 10.6. The molecule has 550 valence electrons. The Morgan fingerprint density at radius 3 is 1.04 bits per heavy atom. The van der Waals surface area contributed by atoms with E-state index >= 15 is 0 Å². The fourth-order valence-electron chi connectivity index (χ4n) is 21.1. The van der Waals surface area contributed by atoms with Crippen molar-refractivity contribution in [2.24, 2.45) is 0 Å². The second kappa shape index (κ2) is 28.5. The van der Waals surface area contributed by atoms with Crippen molar-refractivity contribution in [3.05, 3.63) is 426 Å². The van der Waals surface area contributed by atoms with Crippen LogP contribution < -0.4 is 26.2 Å². The number of benzene rings is 16. The quantitative estimate of drug-likeness (QED) is 0.0530. The van der Waals surface area contributed by atoms with Crippen LogP contribution in [0.4, 0.5) is 22.7 Å². The minimum atomic E-state index is -0.459. The van der Waals surface area contributed by atoms with Crippen molar-refractivity contribution in [1.82, 2.24) is 0 Å². The van der Waals surface area contributed by atoms with Crippen LogP contribution in [0.25, 0.3) is 99.5 Å². The van der Waals surface area contributed by atoms with E-state index in [-0.39, 0.29) is 6.71 Å². The summed E-state index contributed by atoms with van der Waals surface area (Å²) < 4.78 is 14.5. The zero-order valence-corrected chi connectivity index (χ0v) is 64.5. The monoisotopic (exact) mass is 1480 g/mol. The van der Waals surface area contributed by atoms with Gasteiger partial charge in [0.25, 0.3) is 6.71 Å². The van der Waals surface area contributed by atoms with Gasteiger partial charge in [0.2, 0.25) is 0 Å². The van der Waals surface area contributed by atoms with Gasteiger partial charge in [-0.15, -0.1) is 0 Å². The van der Waals surface area contributed by atoms with E-state index in [1.807, 2.05) is 0 Å². The number of hydrogen-bond donors (Lipinski definition) is 0. The Hall–Kier alpha value is -13.2. The molecule has 2 aliphatic carbocycles. The average molecular weight is 1480 g/mol. The summed E-state index contributed by atoms with van der Waals surface area (Å²) in [4.78, 5) is 5.39. The molecule has 0 fully saturated rings. The van der Waals surface area contributed by atoms with Crippen molar-refractivity contribution in [3.63, 3.8) is 0 Å². The highest BCUT2D eigenvalue weighted by Crippen LogP contribution is 2.59. The fourth-order valence-corrected chi connectivity index (χ4v) is 21.1. The van der Waals surface area contributed by atoms with Crippen LogP contribution in [-0.2, 0) is 23.7 Å². The number of unbranched alkanes of at least 4 members (excludes halogenated alkanes) is 6. The summed E-state index contributed by atoms with van der Waals surface area (Å²) in [7, 11) is 0. The smallest absolute Gasteiger partial charge is 0.252 e. The molecule has 5 heteroatoms. The van der Waals surface area contributed by atoms with Crippen LogP contribution in [0, 0.1) is 0 Å². The lowest BCUT2D eigenvalue weighted by Gasteiger charge is -2.44. The van der Waals surface area contributed by atoms with Gasteiger partial charge in [0, 0.05) is 46.0 Å². The van der Waals surface area contributed by atoms with Gasteiger partial charge in [-0.2, -0.15) is 0 Å². The lowest BCUT2D eigenvalue weighted by molar-refractivity contribution is 0.638. The van der Waals surface area contributed by atoms with Crippen molar-refractivity contribution >= 4 is 89.7 Å². The second-order valence-corrected chi connectivity index (χ2v) is 32.2. The predicted molar refractivity (Wildman–Crippen MR) is 481 cm³/mol. The van der Waals surface area contributed by atoms with Crippen LogP contribution in [0.5, 0.6) is 0 Å². The van der Waals surface area contributed by atoms with Crippen LogP contribution in [0.15, 0.2) is 379 Å². The first-order chi connectivity index (χ1) is 57.1. The molecule has 0 saturated carbocycles. The van der Waals surface area contributed by atoms with Crippen LogP contribution in [-0.4, -0.2) is 19.8 Å². The summed E-state index contributed by atoms with van der Waals surface area (Å²) in [5.41, 5.74) is 37.7. The SMILES string of the molecule is c1ccc(-c2cc3c4c(c2)N(CCCCCCc2ccccc2-c2ccc5c(c2)C(c2ccccc2)(c2ccccc2)c2ccccc2-5)c2c(ccc5c2oc2ccccc25)B4c2ccc4c(oc5ccccc54)c2N3CCCCCCc2ccccc2-c2ccc3c(c2)C(c2ccccc2)(c2ccccc2)c2ccccc2-3)cc1. The summed E-state index contributed by atoms with van der Waals surface area (Å²) in [6, 6.07) is 139. The molecular formula is C110H85BN2O2. The third kappa shape index (κ3) is 11.0. The summed E-state index contributed by atoms with van der Waals surface area (Å²) in [6.45, 7) is 1.58. The van der Waals surface area contributed by atoms with Gasteiger partial charge in [0.15, 0.2) is 11.2 Å². The molecular weight excluding hydrogens is 1390 g/mol. The van der Waals surface area contributed by atoms with Gasteiger partial charge < -0.3 is 18.6 Å². The Labute approximate surface area is 673 Å². The van der Waals surface area contributed by atoms with Crippen molar-refractivity contribution in [2.75, 3.05) is 22.9 Å². The molecule has 0 unspecified atom stereocenters. The average Bonchev–Trinajstić information content (AvgIpc) is 1.60. The van der Waals surface area contributed by atoms with Gasteiger partial charge in [0.1, 0.15) is 11.2 Å². The van der Waals surface area contributed by atoms with E-state index in [0.29, 0.717) is 0 Å². The predicted octanol–water partition coefficient (Wildman–Crippen LogP) is 26.2. The Morgan fingerprint density at radius 1 is 0.252 bits per heavy atom. The number of nitrogens with zero attached hydrogens (tertiary/aromatic N) is 2. The van der Waals surface area contributed by atoms with Crippen LogP contribution >= 0.6 is 0 Å². The van der Waals surface area contributed by atoms with Gasteiger partial charge in [-0.05, 0) is 203 Å². The maximum absolute atomic E-state index is 7.25. The van der Waals surface area contributed by atoms with Gasteiger partial charge in [-0.3, -0.25) is 0 Å². The van der Waals surface area contributed by atoms with E-state index in [1.54, 1.807) is 0 Å². The van der Waals surface area contributed by atoms with E-state index in [0.717, 1.165) is 121 Å². The number of hydrogen-bond acceptors (Lipinski definition) is 4. The molecule has 2 aromatic heterocycles. The van der Waals surface area contributed by atoms with E-state index in [2.05, 4.69) is 380 Å². The highest BCUT2D eigenvalue weighted by Gasteiger charge is 2.49. The number of fused-ring (bicyclic) bond motifs is 18. The Bertz CT molecular complexity index is 6300. The molecule has 0 radical (unpaired) electrons. The van der Waals surface area contributed by atoms with Crippen molar-refractivity contribution in [3.8, 4) is 55.6 Å². The lowest BCUT2D eigenvalue weighted by Crippen LogP contribution is -2.62. The van der Waals surface area contributed by atoms with Crippen LogP contribution in [0.3, 0.4) is 0 Å². The fraction of sp³-hybridized carbons (Fsp3) is 0.127. The zero-order valence-electron chi connectivity index (χ0n) is 64.5. The number of aryl methyl sites for hydroxylation is 2. The molecule has 22 rings (SSSR count). The topological polar surface area (TPSA) is 32.8 Å². The number of para-hydroxylation sites is 2. The number of anilines is 4. The largest absolute Gasteiger partial charge is 0.454 e. The summed E-state index contributed by atoms with van der Waals surface area (Å²) >= 11 is 0. The molecule has 4 nitrogen and oxygen atoms in total. The molecule has 4 heterocycles. The maximum Gasteiger partial charge on any atom is 0.252 e. The summed E-state index contributed by atoms with van der Waals surface area (Å²) in [5, 5.41) is 4.59. The Kier molecular flexibility index (Phi) is 17.0. The highest BCUT2D eigenvalue weighted by molar-refractivity contribution is 7.00. The molecule has 0 N–H and O–H groups in total. The third-order valence-corrected chi connectivity index (χ3v) is 26.1. The number of rotatable bonds is 21. The Morgan fingerprint density at radius 2 is 0.609 bits per heavy atom. The molecule has 115 heavy (non-hydrogen) atoms. The van der Waals surface area contributed by atoms with Crippen molar-refractivity contribution < 1.29 is 8.83 Å². The van der Waals surface area contributed by atoms with Gasteiger partial charge >= 0.3 is 0 Å².